The monoisotopic (exact) mass is 472 g/mol. The van der Waals surface area contributed by atoms with Gasteiger partial charge in [-0.1, -0.05) is 60.2 Å². The zero-order chi connectivity index (χ0) is 23.5. The molecule has 0 bridgehead atoms. The lowest BCUT2D eigenvalue weighted by atomic mass is 10.0. The molecule has 3 aromatic rings. The predicted octanol–water partition coefficient (Wildman–Crippen LogP) is 5.54. The molecule has 5 rings (SSSR count). The molecule has 3 aromatic carbocycles. The number of phenolic OH excluding ortho intramolecular Hbond substituents is 1. The number of piperazine rings is 1. The largest absolute Gasteiger partial charge is 0.507 e. The molecule has 0 aliphatic carbocycles. The third-order valence-corrected chi connectivity index (χ3v) is 6.41. The summed E-state index contributed by atoms with van der Waals surface area (Å²) in [5.41, 5.74) is 3.29. The molecule has 0 radical (unpaired) electrons. The summed E-state index contributed by atoms with van der Waals surface area (Å²) in [5, 5.41) is 11.3. The van der Waals surface area contributed by atoms with Crippen molar-refractivity contribution in [3.63, 3.8) is 0 Å². The summed E-state index contributed by atoms with van der Waals surface area (Å²) in [6.45, 7) is 3.87. The van der Waals surface area contributed by atoms with Gasteiger partial charge in [0, 0.05) is 43.4 Å². The second kappa shape index (κ2) is 9.75. The summed E-state index contributed by atoms with van der Waals surface area (Å²) < 4.78 is 5.96. The Morgan fingerprint density at radius 2 is 1.76 bits per heavy atom. The lowest BCUT2D eigenvalue weighted by Crippen LogP contribution is -2.46. The highest BCUT2D eigenvalue weighted by Gasteiger charge is 2.31. The molecule has 172 valence electrons. The van der Waals surface area contributed by atoms with Gasteiger partial charge in [0.1, 0.15) is 11.5 Å². The molecule has 0 atom stereocenters. The molecule has 2 heterocycles. The topological polar surface area (TPSA) is 53.0 Å². The Kier molecular flexibility index (Phi) is 6.39. The van der Waals surface area contributed by atoms with Crippen LogP contribution in [0.1, 0.15) is 21.5 Å². The fraction of sp³-hybridized carbons (Fsp3) is 0.179. The molecule has 0 amide bonds. The standard InChI is InChI=1S/C28H25ClN2O3/c29-21-9-5-10-22(18-21)31-16-14-30(15-17-31)19-24-25(32)13-12-23-27(33)26(34-28(23)24)11-4-8-20-6-2-1-3-7-20/h1-13,18,32H,14-17,19H2/b8-4+,26-11-. The summed E-state index contributed by atoms with van der Waals surface area (Å²) >= 11 is 6.14. The van der Waals surface area contributed by atoms with E-state index in [1.165, 1.54) is 0 Å². The van der Waals surface area contributed by atoms with Gasteiger partial charge >= 0.3 is 0 Å². The number of fused-ring (bicyclic) bond motifs is 1. The molecule has 2 aliphatic rings. The van der Waals surface area contributed by atoms with Gasteiger partial charge in [0.25, 0.3) is 0 Å². The number of nitrogens with zero attached hydrogens (tertiary/aromatic N) is 2. The maximum Gasteiger partial charge on any atom is 0.231 e. The molecule has 1 N–H and O–H groups in total. The Bertz CT molecular complexity index is 1260. The number of aromatic hydroxyl groups is 1. The minimum Gasteiger partial charge on any atom is -0.507 e. The van der Waals surface area contributed by atoms with Crippen molar-refractivity contribution in [1.29, 1.82) is 0 Å². The van der Waals surface area contributed by atoms with Gasteiger partial charge in [0.15, 0.2) is 5.76 Å². The first kappa shape index (κ1) is 22.3. The van der Waals surface area contributed by atoms with E-state index in [2.05, 4.69) is 15.9 Å². The summed E-state index contributed by atoms with van der Waals surface area (Å²) in [5.74, 6) is 0.700. The minimum absolute atomic E-state index is 0.143. The van der Waals surface area contributed by atoms with E-state index in [1.807, 2.05) is 60.7 Å². The Morgan fingerprint density at radius 3 is 2.53 bits per heavy atom. The van der Waals surface area contributed by atoms with Crippen LogP contribution in [0.5, 0.6) is 11.5 Å². The van der Waals surface area contributed by atoms with Crippen molar-refractivity contribution in [3.8, 4) is 11.5 Å². The third-order valence-electron chi connectivity index (χ3n) is 6.18. The van der Waals surface area contributed by atoms with Gasteiger partial charge in [-0.15, -0.1) is 0 Å². The van der Waals surface area contributed by atoms with Gasteiger partial charge in [-0.3, -0.25) is 9.69 Å². The van der Waals surface area contributed by atoms with E-state index in [4.69, 9.17) is 16.3 Å². The molecule has 5 nitrogen and oxygen atoms in total. The molecular weight excluding hydrogens is 448 g/mol. The van der Waals surface area contributed by atoms with Crippen LogP contribution in [-0.2, 0) is 6.54 Å². The van der Waals surface area contributed by atoms with Crippen LogP contribution >= 0.6 is 11.6 Å². The zero-order valence-corrected chi connectivity index (χ0v) is 19.4. The smallest absolute Gasteiger partial charge is 0.231 e. The number of phenols is 1. The van der Waals surface area contributed by atoms with Crippen LogP contribution in [0.25, 0.3) is 6.08 Å². The molecule has 0 saturated carbocycles. The fourth-order valence-electron chi connectivity index (χ4n) is 4.34. The lowest BCUT2D eigenvalue weighted by molar-refractivity contribution is 0.101. The quantitative estimate of drug-likeness (QED) is 0.494. The molecular formula is C28H25ClN2O3. The average molecular weight is 473 g/mol. The van der Waals surface area contributed by atoms with Crippen LogP contribution in [-0.4, -0.2) is 42.0 Å². The van der Waals surface area contributed by atoms with Crippen LogP contribution in [0.15, 0.2) is 84.6 Å². The lowest BCUT2D eigenvalue weighted by Gasteiger charge is -2.36. The number of Topliss-reactive ketones (excluding diaryl/α,β-unsaturated/α-hetero) is 1. The predicted molar refractivity (Wildman–Crippen MR) is 136 cm³/mol. The van der Waals surface area contributed by atoms with Crippen molar-refractivity contribution in [2.45, 2.75) is 6.54 Å². The molecule has 1 fully saturated rings. The molecule has 0 aromatic heterocycles. The molecule has 0 spiro atoms. The number of hydrogen-bond donors (Lipinski definition) is 1. The van der Waals surface area contributed by atoms with Gasteiger partial charge in [0.05, 0.1) is 11.1 Å². The van der Waals surface area contributed by atoms with Crippen molar-refractivity contribution < 1.29 is 14.6 Å². The molecule has 2 aliphatic heterocycles. The Balaban J connectivity index is 1.29. The SMILES string of the molecule is O=C1/C(=C/C=C/c2ccccc2)Oc2c1ccc(O)c2CN1CCN(c2cccc(Cl)c2)CC1. The fourth-order valence-corrected chi connectivity index (χ4v) is 4.52. The van der Waals surface area contributed by atoms with E-state index in [0.717, 1.165) is 42.5 Å². The van der Waals surface area contributed by atoms with Crippen LogP contribution in [0.3, 0.4) is 0 Å². The van der Waals surface area contributed by atoms with E-state index in [1.54, 1.807) is 18.2 Å². The number of ketones is 1. The number of carbonyl (C=O) groups is 1. The number of rotatable bonds is 5. The molecule has 0 unspecified atom stereocenters. The van der Waals surface area contributed by atoms with Gasteiger partial charge < -0.3 is 14.7 Å². The van der Waals surface area contributed by atoms with Crippen molar-refractivity contribution in [1.82, 2.24) is 4.90 Å². The van der Waals surface area contributed by atoms with Gasteiger partial charge in [-0.25, -0.2) is 0 Å². The number of halogens is 1. The van der Waals surface area contributed by atoms with E-state index in [0.29, 0.717) is 23.4 Å². The second-order valence-electron chi connectivity index (χ2n) is 8.41. The van der Waals surface area contributed by atoms with E-state index < -0.39 is 0 Å². The zero-order valence-electron chi connectivity index (χ0n) is 18.7. The maximum atomic E-state index is 12.9. The highest BCUT2D eigenvalue weighted by Crippen LogP contribution is 2.40. The van der Waals surface area contributed by atoms with Gasteiger partial charge in [-0.05, 0) is 42.0 Å². The van der Waals surface area contributed by atoms with Crippen molar-refractivity contribution in [2.75, 3.05) is 31.1 Å². The van der Waals surface area contributed by atoms with Crippen LogP contribution in [0.2, 0.25) is 5.02 Å². The van der Waals surface area contributed by atoms with Crippen molar-refractivity contribution in [2.24, 2.45) is 0 Å². The van der Waals surface area contributed by atoms with Crippen LogP contribution in [0.4, 0.5) is 5.69 Å². The number of anilines is 1. The van der Waals surface area contributed by atoms with E-state index in [-0.39, 0.29) is 17.3 Å². The number of hydrogen-bond acceptors (Lipinski definition) is 5. The average Bonchev–Trinajstić information content (AvgIpc) is 3.17. The molecule has 1 saturated heterocycles. The van der Waals surface area contributed by atoms with Crippen molar-refractivity contribution in [3.05, 3.63) is 106 Å². The Hall–Kier alpha value is -3.54. The summed E-state index contributed by atoms with van der Waals surface area (Å²) in [6.07, 6.45) is 5.41. The first-order valence-electron chi connectivity index (χ1n) is 11.3. The molecule has 6 heteroatoms. The highest BCUT2D eigenvalue weighted by atomic mass is 35.5. The number of ether oxygens (including phenoxy) is 1. The van der Waals surface area contributed by atoms with E-state index >= 15 is 0 Å². The minimum atomic E-state index is -0.167. The maximum absolute atomic E-state index is 12.9. The van der Waals surface area contributed by atoms with Crippen LogP contribution in [0, 0.1) is 0 Å². The second-order valence-corrected chi connectivity index (χ2v) is 8.85. The summed E-state index contributed by atoms with van der Waals surface area (Å²) in [7, 11) is 0. The summed E-state index contributed by atoms with van der Waals surface area (Å²) in [4.78, 5) is 17.5. The first-order valence-corrected chi connectivity index (χ1v) is 11.7. The highest BCUT2D eigenvalue weighted by molar-refractivity contribution is 6.30. The first-order chi connectivity index (χ1) is 16.6. The number of carbonyl (C=O) groups excluding carboxylic acids is 1. The summed E-state index contributed by atoms with van der Waals surface area (Å²) in [6, 6.07) is 21.0. The van der Waals surface area contributed by atoms with Crippen LogP contribution < -0.4 is 9.64 Å². The van der Waals surface area contributed by atoms with E-state index in [9.17, 15) is 9.90 Å². The van der Waals surface area contributed by atoms with Gasteiger partial charge in [-0.2, -0.15) is 0 Å². The Morgan fingerprint density at radius 1 is 0.971 bits per heavy atom. The molecule has 34 heavy (non-hydrogen) atoms. The van der Waals surface area contributed by atoms with Crippen molar-refractivity contribution >= 4 is 29.1 Å². The normalized spacial score (nSPS) is 17.4. The third kappa shape index (κ3) is 4.72. The van der Waals surface area contributed by atoms with Gasteiger partial charge in [0.2, 0.25) is 5.78 Å². The number of benzene rings is 3. The number of allylic oxidation sites excluding steroid dienone is 3. The Labute approximate surface area is 204 Å².